The molecule has 0 aliphatic carbocycles. The number of rotatable bonds is 8. The van der Waals surface area contributed by atoms with Gasteiger partial charge in [-0.1, -0.05) is 73.2 Å². The molecule has 152 valence electrons. The van der Waals surface area contributed by atoms with Gasteiger partial charge < -0.3 is 0 Å². The Balaban J connectivity index is 1.65. The SMILES string of the molecule is CCCCCCCCc1cc2c(s1)-n1c(C)nnc1CN=C2c1ccccc1Br. The van der Waals surface area contributed by atoms with Crippen LogP contribution in [0.2, 0.25) is 0 Å². The van der Waals surface area contributed by atoms with Gasteiger partial charge in [0.15, 0.2) is 5.82 Å². The molecule has 0 atom stereocenters. The van der Waals surface area contributed by atoms with Crippen LogP contribution in [0, 0.1) is 6.92 Å². The van der Waals surface area contributed by atoms with E-state index in [0.29, 0.717) is 6.54 Å². The van der Waals surface area contributed by atoms with Crippen LogP contribution in [0.3, 0.4) is 0 Å². The van der Waals surface area contributed by atoms with Gasteiger partial charge in [0.2, 0.25) is 0 Å². The molecule has 1 aliphatic rings. The minimum absolute atomic E-state index is 0.547. The smallest absolute Gasteiger partial charge is 0.160 e. The fourth-order valence-corrected chi connectivity index (χ4v) is 5.60. The molecule has 1 aromatic carbocycles. The lowest BCUT2D eigenvalue weighted by molar-refractivity contribution is 0.609. The van der Waals surface area contributed by atoms with E-state index in [4.69, 9.17) is 4.99 Å². The van der Waals surface area contributed by atoms with Crippen molar-refractivity contribution < 1.29 is 0 Å². The third-order valence-electron chi connectivity index (χ3n) is 5.40. The minimum atomic E-state index is 0.547. The van der Waals surface area contributed by atoms with Crippen LogP contribution in [-0.4, -0.2) is 20.5 Å². The lowest BCUT2D eigenvalue weighted by Crippen LogP contribution is -2.05. The van der Waals surface area contributed by atoms with Crippen molar-refractivity contribution >= 4 is 33.0 Å². The second-order valence-electron chi connectivity index (χ2n) is 7.59. The molecular weight excluding hydrogens is 444 g/mol. The molecule has 4 nitrogen and oxygen atoms in total. The van der Waals surface area contributed by atoms with Gasteiger partial charge in [-0.25, -0.2) is 0 Å². The van der Waals surface area contributed by atoms with Gasteiger partial charge in [-0.05, 0) is 31.9 Å². The summed E-state index contributed by atoms with van der Waals surface area (Å²) in [6.07, 6.45) is 9.05. The molecule has 3 aromatic rings. The summed E-state index contributed by atoms with van der Waals surface area (Å²) in [5, 5.41) is 9.89. The summed E-state index contributed by atoms with van der Waals surface area (Å²) in [6, 6.07) is 10.7. The average Bonchev–Trinajstić information content (AvgIpc) is 3.25. The second-order valence-corrected chi connectivity index (χ2v) is 9.56. The van der Waals surface area contributed by atoms with Crippen LogP contribution in [0.5, 0.6) is 0 Å². The Bertz CT molecular complexity index is 1020. The Labute approximate surface area is 185 Å². The van der Waals surface area contributed by atoms with Crippen molar-refractivity contribution in [1.29, 1.82) is 0 Å². The van der Waals surface area contributed by atoms with E-state index in [1.165, 1.54) is 54.0 Å². The predicted molar refractivity (Wildman–Crippen MR) is 125 cm³/mol. The minimum Gasteiger partial charge on any atom is -0.276 e. The molecule has 0 N–H and O–H groups in total. The average molecular weight is 471 g/mol. The summed E-state index contributed by atoms with van der Waals surface area (Å²) in [5.74, 6) is 1.84. The first-order valence-corrected chi connectivity index (χ1v) is 12.1. The number of thiophene rings is 1. The molecule has 0 unspecified atom stereocenters. The highest BCUT2D eigenvalue weighted by molar-refractivity contribution is 9.10. The van der Waals surface area contributed by atoms with E-state index in [2.05, 4.69) is 61.9 Å². The maximum absolute atomic E-state index is 4.96. The molecular formula is C23H27BrN4S. The van der Waals surface area contributed by atoms with E-state index in [-0.39, 0.29) is 0 Å². The monoisotopic (exact) mass is 470 g/mol. The highest BCUT2D eigenvalue weighted by Gasteiger charge is 2.25. The zero-order valence-electron chi connectivity index (χ0n) is 17.1. The Hall–Kier alpha value is -1.79. The van der Waals surface area contributed by atoms with Gasteiger partial charge in [-0.3, -0.25) is 9.56 Å². The zero-order valence-corrected chi connectivity index (χ0v) is 19.5. The molecule has 0 spiro atoms. The molecule has 0 amide bonds. The Morgan fingerprint density at radius 2 is 1.83 bits per heavy atom. The van der Waals surface area contributed by atoms with E-state index >= 15 is 0 Å². The Kier molecular flexibility index (Phi) is 6.60. The van der Waals surface area contributed by atoms with Gasteiger partial charge in [-0.2, -0.15) is 0 Å². The van der Waals surface area contributed by atoms with Crippen LogP contribution < -0.4 is 0 Å². The number of benzene rings is 1. The van der Waals surface area contributed by atoms with E-state index in [0.717, 1.165) is 33.8 Å². The fourth-order valence-electron chi connectivity index (χ4n) is 3.86. The first kappa shape index (κ1) is 20.5. The maximum atomic E-state index is 4.96. The highest BCUT2D eigenvalue weighted by atomic mass is 79.9. The van der Waals surface area contributed by atoms with E-state index in [9.17, 15) is 0 Å². The molecule has 2 aromatic heterocycles. The van der Waals surface area contributed by atoms with Crippen LogP contribution in [0.25, 0.3) is 5.00 Å². The molecule has 6 heteroatoms. The van der Waals surface area contributed by atoms with Gasteiger partial charge >= 0.3 is 0 Å². The molecule has 0 saturated heterocycles. The number of unbranched alkanes of at least 4 members (excludes halogenated alkanes) is 5. The van der Waals surface area contributed by atoms with E-state index in [1.54, 1.807) is 0 Å². The largest absolute Gasteiger partial charge is 0.276 e. The van der Waals surface area contributed by atoms with Crippen LogP contribution in [-0.2, 0) is 13.0 Å². The van der Waals surface area contributed by atoms with E-state index < -0.39 is 0 Å². The normalized spacial score (nSPS) is 13.0. The summed E-state index contributed by atoms with van der Waals surface area (Å²) >= 11 is 5.59. The van der Waals surface area contributed by atoms with Crippen LogP contribution in [0.15, 0.2) is 39.8 Å². The van der Waals surface area contributed by atoms with Crippen molar-refractivity contribution in [2.24, 2.45) is 4.99 Å². The molecule has 0 radical (unpaired) electrons. The number of hydrogen-bond donors (Lipinski definition) is 0. The van der Waals surface area contributed by atoms with Crippen LogP contribution in [0.4, 0.5) is 0 Å². The Morgan fingerprint density at radius 3 is 2.66 bits per heavy atom. The van der Waals surface area contributed by atoms with Crippen molar-refractivity contribution in [3.8, 4) is 5.00 Å². The quantitative estimate of drug-likeness (QED) is 0.345. The van der Waals surface area contributed by atoms with Crippen LogP contribution >= 0.6 is 27.3 Å². The summed E-state index contributed by atoms with van der Waals surface area (Å²) in [6.45, 7) is 4.84. The first-order chi connectivity index (χ1) is 14.2. The van der Waals surface area contributed by atoms with Crippen molar-refractivity contribution in [1.82, 2.24) is 14.8 Å². The maximum Gasteiger partial charge on any atom is 0.160 e. The molecule has 1 aliphatic heterocycles. The molecule has 29 heavy (non-hydrogen) atoms. The molecule has 0 bridgehead atoms. The standard InChI is InChI=1S/C23H27BrN4S/c1-3-4-5-6-7-8-11-17-14-19-22(18-12-9-10-13-20(18)24)25-15-21-27-26-16(2)28(21)23(19)29-17/h9-10,12-14H,3-8,11,15H2,1-2H3. The summed E-state index contributed by atoms with van der Waals surface area (Å²) in [7, 11) is 0. The van der Waals surface area contributed by atoms with Crippen molar-refractivity contribution in [3.63, 3.8) is 0 Å². The molecule has 0 saturated carbocycles. The lowest BCUT2D eigenvalue weighted by Gasteiger charge is -2.08. The van der Waals surface area contributed by atoms with Gasteiger partial charge in [0.05, 0.1) is 5.71 Å². The van der Waals surface area contributed by atoms with Gasteiger partial charge in [0.1, 0.15) is 17.4 Å². The fraction of sp³-hybridized carbons (Fsp3) is 0.435. The summed E-state index contributed by atoms with van der Waals surface area (Å²) in [4.78, 5) is 6.39. The number of aryl methyl sites for hydroxylation is 2. The number of hydrogen-bond acceptors (Lipinski definition) is 4. The van der Waals surface area contributed by atoms with Crippen molar-refractivity contribution in [2.75, 3.05) is 0 Å². The highest BCUT2D eigenvalue weighted by Crippen LogP contribution is 2.35. The topological polar surface area (TPSA) is 43.1 Å². The first-order valence-electron chi connectivity index (χ1n) is 10.5. The number of aromatic nitrogens is 3. The molecule has 0 fully saturated rings. The van der Waals surface area contributed by atoms with Crippen molar-refractivity contribution in [3.05, 3.63) is 62.5 Å². The van der Waals surface area contributed by atoms with Crippen molar-refractivity contribution in [2.45, 2.75) is 65.3 Å². The number of nitrogens with zero attached hydrogens (tertiary/aromatic N) is 4. The van der Waals surface area contributed by atoms with Gasteiger partial charge in [0, 0.05) is 20.5 Å². The number of halogens is 1. The molecule has 4 rings (SSSR count). The predicted octanol–water partition coefficient (Wildman–Crippen LogP) is 6.65. The second kappa shape index (κ2) is 9.35. The van der Waals surface area contributed by atoms with E-state index in [1.807, 2.05) is 24.3 Å². The zero-order chi connectivity index (χ0) is 20.2. The molecule has 3 heterocycles. The van der Waals surface area contributed by atoms with Gasteiger partial charge in [0.25, 0.3) is 0 Å². The summed E-state index contributed by atoms with van der Waals surface area (Å²) < 4.78 is 3.26. The van der Waals surface area contributed by atoms with Gasteiger partial charge in [-0.15, -0.1) is 21.5 Å². The number of fused-ring (bicyclic) bond motifs is 3. The third-order valence-corrected chi connectivity index (χ3v) is 7.27. The third kappa shape index (κ3) is 4.38. The Morgan fingerprint density at radius 1 is 1.03 bits per heavy atom. The number of aliphatic imine (C=N–C) groups is 1. The summed E-state index contributed by atoms with van der Waals surface area (Å²) in [5.41, 5.74) is 3.38. The lowest BCUT2D eigenvalue weighted by atomic mass is 10.0. The van der Waals surface area contributed by atoms with Crippen LogP contribution in [0.1, 0.15) is 73.1 Å².